The zero-order chi connectivity index (χ0) is 10.2. The maximum Gasteiger partial charge on any atom is 0.152 e. The molecule has 0 N–H and O–H groups in total. The molecule has 0 aromatic rings. The second-order valence-corrected chi connectivity index (χ2v) is 3.68. The summed E-state index contributed by atoms with van der Waals surface area (Å²) in [7, 11) is 0. The summed E-state index contributed by atoms with van der Waals surface area (Å²) in [6.07, 6.45) is 9.61. The molecule has 0 saturated heterocycles. The van der Waals surface area contributed by atoms with E-state index >= 15 is 0 Å². The number of carbonyl (C=O) groups is 1. The Kier molecular flexibility index (Phi) is 4.79. The number of nitrogens with zero attached hydrogens (tertiary/aromatic N) is 3. The monoisotopic (exact) mass is 193 g/mol. The smallest absolute Gasteiger partial charge is 0.152 e. The van der Waals surface area contributed by atoms with E-state index < -0.39 is 0 Å². The molecule has 0 heterocycles. The van der Waals surface area contributed by atoms with Crippen LogP contribution in [0.15, 0.2) is 16.9 Å². The highest BCUT2D eigenvalue weighted by atomic mass is 16.1. The quantitative estimate of drug-likeness (QED) is 0.222. The highest BCUT2D eigenvalue weighted by Gasteiger charge is 2.11. The molecule has 0 aromatic carbocycles. The third-order valence-electron chi connectivity index (χ3n) is 2.67. The fourth-order valence-electron chi connectivity index (χ4n) is 1.87. The molecule has 4 nitrogen and oxygen atoms in total. The van der Waals surface area contributed by atoms with Crippen molar-refractivity contribution >= 4 is 6.29 Å². The number of azide groups is 1. The molecule has 1 aliphatic carbocycles. The molecular formula is C10H15N3O. The van der Waals surface area contributed by atoms with Crippen molar-refractivity contribution in [3.63, 3.8) is 0 Å². The molecule has 1 aliphatic rings. The van der Waals surface area contributed by atoms with Crippen LogP contribution in [0, 0.1) is 5.92 Å². The van der Waals surface area contributed by atoms with Gasteiger partial charge in [-0.3, -0.25) is 4.79 Å². The molecule has 76 valence electrons. The number of carbonyl (C=O) groups excluding carboxylic acids is 1. The van der Waals surface area contributed by atoms with Gasteiger partial charge in [0, 0.05) is 4.91 Å². The van der Waals surface area contributed by atoms with E-state index in [1.807, 2.05) is 0 Å². The summed E-state index contributed by atoms with van der Waals surface area (Å²) >= 11 is 0. The van der Waals surface area contributed by atoms with E-state index in [1.54, 1.807) is 6.08 Å². The lowest BCUT2D eigenvalue weighted by Crippen LogP contribution is -2.04. The summed E-state index contributed by atoms with van der Waals surface area (Å²) in [6.45, 7) is 0. The van der Waals surface area contributed by atoms with Gasteiger partial charge in [-0.2, -0.15) is 0 Å². The lowest BCUT2D eigenvalue weighted by Gasteiger charge is -2.19. The Bertz CT molecular complexity index is 261. The Morgan fingerprint density at radius 2 is 2.14 bits per heavy atom. The molecule has 1 saturated carbocycles. The molecule has 0 spiro atoms. The Morgan fingerprint density at radius 1 is 1.43 bits per heavy atom. The highest BCUT2D eigenvalue weighted by Crippen LogP contribution is 2.26. The van der Waals surface area contributed by atoms with E-state index in [-0.39, 0.29) is 5.70 Å². The minimum Gasteiger partial charge on any atom is -0.298 e. The van der Waals surface area contributed by atoms with Gasteiger partial charge in [-0.15, -0.1) is 0 Å². The van der Waals surface area contributed by atoms with E-state index in [0.29, 0.717) is 12.2 Å². The van der Waals surface area contributed by atoms with Crippen LogP contribution >= 0.6 is 0 Å². The first-order valence-corrected chi connectivity index (χ1v) is 5.07. The van der Waals surface area contributed by atoms with Crippen LogP contribution in [0.3, 0.4) is 0 Å². The second-order valence-electron chi connectivity index (χ2n) is 3.68. The first-order chi connectivity index (χ1) is 6.86. The maximum absolute atomic E-state index is 10.4. The van der Waals surface area contributed by atoms with E-state index in [0.717, 1.165) is 6.42 Å². The van der Waals surface area contributed by atoms with Crippen molar-refractivity contribution in [3.05, 3.63) is 22.2 Å². The number of allylic oxidation sites excluding steroid dienone is 2. The Labute approximate surface area is 83.6 Å². The van der Waals surface area contributed by atoms with Crippen LogP contribution in [0.1, 0.15) is 38.5 Å². The zero-order valence-corrected chi connectivity index (χ0v) is 8.22. The number of aldehydes is 1. The van der Waals surface area contributed by atoms with Crippen molar-refractivity contribution in [1.82, 2.24) is 0 Å². The number of rotatable bonds is 4. The van der Waals surface area contributed by atoms with Gasteiger partial charge < -0.3 is 0 Å². The van der Waals surface area contributed by atoms with Gasteiger partial charge in [0.2, 0.25) is 0 Å². The average molecular weight is 193 g/mol. The van der Waals surface area contributed by atoms with E-state index in [4.69, 9.17) is 5.53 Å². The van der Waals surface area contributed by atoms with Crippen molar-refractivity contribution < 1.29 is 4.79 Å². The molecule has 0 atom stereocenters. The minimum atomic E-state index is 0.220. The normalized spacial score (nSPS) is 18.7. The zero-order valence-electron chi connectivity index (χ0n) is 8.22. The van der Waals surface area contributed by atoms with E-state index in [1.165, 1.54) is 32.1 Å². The van der Waals surface area contributed by atoms with Gasteiger partial charge >= 0.3 is 0 Å². The van der Waals surface area contributed by atoms with Gasteiger partial charge in [0.25, 0.3) is 0 Å². The molecule has 0 bridgehead atoms. The van der Waals surface area contributed by atoms with Gasteiger partial charge in [-0.1, -0.05) is 43.3 Å². The summed E-state index contributed by atoms with van der Waals surface area (Å²) in [5, 5.41) is 3.30. The SMILES string of the molecule is [N-]=[N+]=NC(C=O)=CCC1CCCCC1. The van der Waals surface area contributed by atoms with Crippen molar-refractivity contribution in [2.75, 3.05) is 0 Å². The Morgan fingerprint density at radius 3 is 2.71 bits per heavy atom. The second kappa shape index (κ2) is 6.22. The van der Waals surface area contributed by atoms with Crippen molar-refractivity contribution in [2.45, 2.75) is 38.5 Å². The van der Waals surface area contributed by atoms with E-state index in [9.17, 15) is 4.79 Å². The molecule has 4 heteroatoms. The van der Waals surface area contributed by atoms with Gasteiger partial charge in [-0.05, 0) is 17.9 Å². The van der Waals surface area contributed by atoms with Gasteiger partial charge in [0.15, 0.2) is 6.29 Å². The number of hydrogen-bond acceptors (Lipinski definition) is 2. The predicted molar refractivity (Wildman–Crippen MR) is 54.5 cm³/mol. The standard InChI is InChI=1S/C10H15N3O/c11-13-12-10(8-14)7-6-9-4-2-1-3-5-9/h7-9H,1-6H2. The average Bonchev–Trinajstić information content (AvgIpc) is 2.25. The largest absolute Gasteiger partial charge is 0.298 e. The maximum atomic E-state index is 10.4. The molecule has 0 radical (unpaired) electrons. The lowest BCUT2D eigenvalue weighted by molar-refractivity contribution is -0.104. The summed E-state index contributed by atoms with van der Waals surface area (Å²) in [5.41, 5.74) is 8.38. The van der Waals surface area contributed by atoms with Crippen LogP contribution in [0.5, 0.6) is 0 Å². The first kappa shape index (κ1) is 10.8. The minimum absolute atomic E-state index is 0.220. The molecule has 0 unspecified atom stereocenters. The van der Waals surface area contributed by atoms with Crippen LogP contribution in [0.4, 0.5) is 0 Å². The third kappa shape index (κ3) is 3.62. The van der Waals surface area contributed by atoms with Crippen LogP contribution in [-0.2, 0) is 4.79 Å². The van der Waals surface area contributed by atoms with Crippen molar-refractivity contribution in [3.8, 4) is 0 Å². The first-order valence-electron chi connectivity index (χ1n) is 5.07. The molecule has 0 aliphatic heterocycles. The summed E-state index contributed by atoms with van der Waals surface area (Å²) in [5.74, 6) is 0.674. The summed E-state index contributed by atoms with van der Waals surface area (Å²) in [4.78, 5) is 13.0. The molecular weight excluding hydrogens is 178 g/mol. The summed E-state index contributed by atoms with van der Waals surface area (Å²) in [6, 6.07) is 0. The number of hydrogen-bond donors (Lipinski definition) is 0. The van der Waals surface area contributed by atoms with Crippen molar-refractivity contribution in [1.29, 1.82) is 0 Å². The molecule has 1 rings (SSSR count). The van der Waals surface area contributed by atoms with Crippen LogP contribution in [0.2, 0.25) is 0 Å². The van der Waals surface area contributed by atoms with Gasteiger partial charge in [0.05, 0.1) is 5.70 Å². The lowest BCUT2D eigenvalue weighted by atomic mass is 9.87. The molecule has 14 heavy (non-hydrogen) atoms. The third-order valence-corrected chi connectivity index (χ3v) is 2.67. The van der Waals surface area contributed by atoms with Crippen LogP contribution in [-0.4, -0.2) is 6.29 Å². The van der Waals surface area contributed by atoms with Crippen molar-refractivity contribution in [2.24, 2.45) is 11.0 Å². The van der Waals surface area contributed by atoms with E-state index in [2.05, 4.69) is 10.0 Å². The van der Waals surface area contributed by atoms with Crippen LogP contribution in [0.25, 0.3) is 10.4 Å². The topological polar surface area (TPSA) is 65.8 Å². The Balaban J connectivity index is 2.42. The predicted octanol–water partition coefficient (Wildman–Crippen LogP) is 3.35. The fourth-order valence-corrected chi connectivity index (χ4v) is 1.87. The van der Waals surface area contributed by atoms with Gasteiger partial charge in [0.1, 0.15) is 0 Å². The molecule has 1 fully saturated rings. The van der Waals surface area contributed by atoms with Crippen LogP contribution < -0.4 is 0 Å². The fraction of sp³-hybridized carbons (Fsp3) is 0.700. The Hall–Kier alpha value is -1.28. The molecule has 0 amide bonds. The summed E-state index contributed by atoms with van der Waals surface area (Å²) < 4.78 is 0. The van der Waals surface area contributed by atoms with Gasteiger partial charge in [-0.25, -0.2) is 0 Å². The highest BCUT2D eigenvalue weighted by molar-refractivity contribution is 5.72. The molecule has 0 aromatic heterocycles.